The average molecular weight is 499 g/mol. The number of nitrogens with one attached hydrogen (secondary N) is 2. The van der Waals surface area contributed by atoms with Crippen molar-refractivity contribution in [2.24, 2.45) is 5.73 Å². The Bertz CT molecular complexity index is 1290. The number of carbonyl (C=O) groups is 2. The highest BCUT2D eigenvalue weighted by molar-refractivity contribution is 5.86. The van der Waals surface area contributed by atoms with E-state index in [-0.39, 0.29) is 6.41 Å². The topological polar surface area (TPSA) is 106 Å². The number of carbonyl (C=O) groups excluding carboxylic acids is 2. The number of nitrogens with zero attached hydrogens (tertiary/aromatic N) is 1. The molecule has 1 fully saturated rings. The maximum Gasteiger partial charge on any atom is 0.204 e. The molecule has 37 heavy (non-hydrogen) atoms. The first-order valence-corrected chi connectivity index (χ1v) is 12.3. The number of benzene rings is 3. The molecular weight excluding hydrogens is 464 g/mol. The number of ether oxygens (including phenoxy) is 1. The number of amides is 1. The lowest BCUT2D eigenvalue weighted by molar-refractivity contribution is -0.106. The fraction of sp³-hybridized carbons (Fsp3) is 0.233. The number of aryl methyl sites for hydroxylation is 1. The number of fused-ring (bicyclic) bond motifs is 1. The first-order chi connectivity index (χ1) is 18.1. The molecule has 1 saturated heterocycles. The number of rotatable bonds is 5. The van der Waals surface area contributed by atoms with E-state index in [9.17, 15) is 4.79 Å². The summed E-state index contributed by atoms with van der Waals surface area (Å²) in [7, 11) is 1.84. The van der Waals surface area contributed by atoms with Crippen molar-refractivity contribution in [2.75, 3.05) is 25.5 Å². The van der Waals surface area contributed by atoms with Gasteiger partial charge in [-0.1, -0.05) is 48.5 Å². The van der Waals surface area contributed by atoms with E-state index in [4.69, 9.17) is 9.53 Å². The molecule has 192 valence electrons. The number of pyridine rings is 1. The second-order valence-electron chi connectivity index (χ2n) is 8.63. The summed E-state index contributed by atoms with van der Waals surface area (Å²) in [6, 6.07) is 24.1. The van der Waals surface area contributed by atoms with Crippen molar-refractivity contribution >= 4 is 29.3 Å². The molecule has 1 aliphatic heterocycles. The Labute approximate surface area is 218 Å². The van der Waals surface area contributed by atoms with E-state index in [0.29, 0.717) is 5.92 Å². The summed E-state index contributed by atoms with van der Waals surface area (Å²) < 4.78 is 5.89. The van der Waals surface area contributed by atoms with Crippen molar-refractivity contribution in [1.29, 1.82) is 0 Å². The molecule has 0 saturated carbocycles. The van der Waals surface area contributed by atoms with Gasteiger partial charge < -0.3 is 21.1 Å². The van der Waals surface area contributed by atoms with Crippen LogP contribution in [0.5, 0.6) is 11.5 Å². The Morgan fingerprint density at radius 3 is 2.35 bits per heavy atom. The summed E-state index contributed by atoms with van der Waals surface area (Å²) in [6.45, 7) is 4.34. The minimum atomic E-state index is 0.250. The molecule has 0 radical (unpaired) electrons. The highest BCUT2D eigenvalue weighted by Gasteiger charge is 2.14. The van der Waals surface area contributed by atoms with Crippen LogP contribution in [0.25, 0.3) is 10.8 Å². The van der Waals surface area contributed by atoms with Gasteiger partial charge in [0.15, 0.2) is 0 Å². The fourth-order valence-corrected chi connectivity index (χ4v) is 4.24. The number of aldehydes is 1. The summed E-state index contributed by atoms with van der Waals surface area (Å²) in [4.78, 5) is 23.2. The van der Waals surface area contributed by atoms with Crippen LogP contribution in [0.15, 0.2) is 79.0 Å². The molecule has 0 unspecified atom stereocenters. The molecule has 7 nitrogen and oxygen atoms in total. The molecule has 1 amide bonds. The largest absolute Gasteiger partial charge is 0.457 e. The Hall–Kier alpha value is -4.23. The summed E-state index contributed by atoms with van der Waals surface area (Å²) >= 11 is 0. The number of nitrogens with two attached hydrogens (primary N) is 1. The van der Waals surface area contributed by atoms with E-state index in [1.807, 2.05) is 37.4 Å². The van der Waals surface area contributed by atoms with Crippen LogP contribution in [0.4, 0.5) is 5.82 Å². The molecule has 1 aromatic heterocycles. The second kappa shape index (κ2) is 14.4. The smallest absolute Gasteiger partial charge is 0.204 e. The number of aromatic nitrogens is 1. The number of hydrogen-bond donors (Lipinski definition) is 3. The van der Waals surface area contributed by atoms with E-state index in [0.717, 1.165) is 42.3 Å². The van der Waals surface area contributed by atoms with Gasteiger partial charge in [-0.3, -0.25) is 9.59 Å². The Morgan fingerprint density at radius 1 is 0.973 bits per heavy atom. The van der Waals surface area contributed by atoms with Gasteiger partial charge in [-0.25, -0.2) is 4.98 Å². The highest BCUT2D eigenvalue weighted by Crippen LogP contribution is 2.28. The van der Waals surface area contributed by atoms with E-state index in [1.165, 1.54) is 34.7 Å². The second-order valence-corrected chi connectivity index (χ2v) is 8.63. The number of piperidine rings is 1. The van der Waals surface area contributed by atoms with Gasteiger partial charge in [-0.2, -0.15) is 0 Å². The minimum absolute atomic E-state index is 0.250. The van der Waals surface area contributed by atoms with Crippen molar-refractivity contribution in [3.8, 4) is 11.5 Å². The SMILES string of the molecule is CNc1cc(Oc2ccc3c(C)cccc3c2)ccn1.NC=O.O=Cc1ccc(C2CCNCC2)cc1. The van der Waals surface area contributed by atoms with Gasteiger partial charge in [-0.05, 0) is 78.9 Å². The monoisotopic (exact) mass is 498 g/mol. The Morgan fingerprint density at radius 2 is 1.68 bits per heavy atom. The van der Waals surface area contributed by atoms with E-state index < -0.39 is 0 Å². The van der Waals surface area contributed by atoms with Crippen molar-refractivity contribution in [1.82, 2.24) is 10.3 Å². The molecule has 0 atom stereocenters. The lowest BCUT2D eigenvalue weighted by Crippen LogP contribution is -2.26. The van der Waals surface area contributed by atoms with E-state index in [2.05, 4.69) is 70.7 Å². The molecule has 4 aromatic rings. The predicted molar refractivity (Wildman–Crippen MR) is 149 cm³/mol. The zero-order valence-corrected chi connectivity index (χ0v) is 21.3. The van der Waals surface area contributed by atoms with Crippen LogP contribution in [-0.2, 0) is 4.79 Å². The molecule has 5 rings (SSSR count). The van der Waals surface area contributed by atoms with Gasteiger partial charge in [0.1, 0.15) is 23.6 Å². The van der Waals surface area contributed by atoms with Crippen molar-refractivity contribution < 1.29 is 14.3 Å². The Balaban J connectivity index is 0.000000195. The first-order valence-electron chi connectivity index (χ1n) is 12.3. The first kappa shape index (κ1) is 27.4. The summed E-state index contributed by atoms with van der Waals surface area (Å²) in [5.74, 6) is 3.07. The third-order valence-corrected chi connectivity index (χ3v) is 6.18. The molecule has 4 N–H and O–H groups in total. The highest BCUT2D eigenvalue weighted by atomic mass is 16.5. The number of primary amides is 1. The predicted octanol–water partition coefficient (Wildman–Crippen LogP) is 5.44. The van der Waals surface area contributed by atoms with Crippen molar-refractivity contribution in [3.63, 3.8) is 0 Å². The lowest BCUT2D eigenvalue weighted by atomic mass is 9.90. The summed E-state index contributed by atoms with van der Waals surface area (Å²) in [5, 5.41) is 8.79. The molecule has 0 spiro atoms. The van der Waals surface area contributed by atoms with E-state index >= 15 is 0 Å². The fourth-order valence-electron chi connectivity index (χ4n) is 4.24. The maximum absolute atomic E-state index is 10.5. The van der Waals surface area contributed by atoms with Gasteiger partial charge >= 0.3 is 0 Å². The third-order valence-electron chi connectivity index (χ3n) is 6.18. The number of anilines is 1. The zero-order chi connectivity index (χ0) is 26.5. The maximum atomic E-state index is 10.5. The van der Waals surface area contributed by atoms with Crippen molar-refractivity contribution in [3.05, 3.63) is 95.7 Å². The van der Waals surface area contributed by atoms with Crippen molar-refractivity contribution in [2.45, 2.75) is 25.7 Å². The van der Waals surface area contributed by atoms with Gasteiger partial charge in [0.25, 0.3) is 0 Å². The summed E-state index contributed by atoms with van der Waals surface area (Å²) in [6.07, 6.45) is 5.29. The van der Waals surface area contributed by atoms with Crippen LogP contribution in [0.3, 0.4) is 0 Å². The molecule has 3 aromatic carbocycles. The standard InChI is InChI=1S/C17H16N2O.C12H15NO.CH3NO/c1-12-4-3-5-13-10-14(6-7-16(12)13)20-15-8-9-19-17(11-15)18-2;14-9-10-1-3-11(4-2-10)12-5-7-13-8-6-12;2-1-3/h3-11H,1-2H3,(H,18,19);1-4,9,12-13H,5-8H2;1H,(H2,2,3). The van der Waals surface area contributed by atoms with Gasteiger partial charge in [0, 0.05) is 24.9 Å². The zero-order valence-electron chi connectivity index (χ0n) is 21.3. The van der Waals surface area contributed by atoms with Crippen LogP contribution in [-0.4, -0.2) is 37.8 Å². The molecule has 0 aliphatic carbocycles. The molecular formula is C30H34N4O3. The van der Waals surface area contributed by atoms with Crippen LogP contribution >= 0.6 is 0 Å². The molecule has 1 aliphatic rings. The van der Waals surface area contributed by atoms with Crippen LogP contribution in [0.2, 0.25) is 0 Å². The van der Waals surface area contributed by atoms with Crippen LogP contribution in [0.1, 0.15) is 40.2 Å². The van der Waals surface area contributed by atoms with Gasteiger partial charge in [-0.15, -0.1) is 0 Å². The van der Waals surface area contributed by atoms with Crippen LogP contribution in [0, 0.1) is 6.92 Å². The molecule has 0 bridgehead atoms. The van der Waals surface area contributed by atoms with Gasteiger partial charge in [0.2, 0.25) is 6.41 Å². The molecule has 2 heterocycles. The van der Waals surface area contributed by atoms with Gasteiger partial charge in [0.05, 0.1) is 0 Å². The quantitative estimate of drug-likeness (QED) is 0.316. The summed E-state index contributed by atoms with van der Waals surface area (Å²) in [5.41, 5.74) is 7.58. The Kier molecular flexibility index (Phi) is 10.6. The van der Waals surface area contributed by atoms with E-state index in [1.54, 1.807) is 6.20 Å². The van der Waals surface area contributed by atoms with Crippen LogP contribution < -0.4 is 21.1 Å². The average Bonchev–Trinajstić information content (AvgIpc) is 2.94. The lowest BCUT2D eigenvalue weighted by Gasteiger charge is -2.22. The normalized spacial score (nSPS) is 12.8. The molecule has 7 heteroatoms. The minimum Gasteiger partial charge on any atom is -0.457 e. The third kappa shape index (κ3) is 8.15. The number of hydrogen-bond acceptors (Lipinski definition) is 6.